The molecule has 3 rings (SSSR count). The molecular weight excluding hydrogens is 336 g/mol. The van der Waals surface area contributed by atoms with Crippen LogP contribution < -0.4 is 0 Å². The van der Waals surface area contributed by atoms with Gasteiger partial charge in [0.25, 0.3) is 5.91 Å². The van der Waals surface area contributed by atoms with E-state index in [0.717, 1.165) is 25.8 Å². The van der Waals surface area contributed by atoms with Crippen LogP contribution in [0.25, 0.3) is 0 Å². The fourth-order valence-corrected chi connectivity index (χ4v) is 4.33. The predicted octanol–water partition coefficient (Wildman–Crippen LogP) is 1.10. The monoisotopic (exact) mass is 362 g/mol. The normalized spacial score (nSPS) is 23.0. The Kier molecular flexibility index (Phi) is 5.20. The highest BCUT2D eigenvalue weighted by Crippen LogP contribution is 2.39. The van der Waals surface area contributed by atoms with Crippen molar-refractivity contribution in [2.45, 2.75) is 25.4 Å². The van der Waals surface area contributed by atoms with E-state index in [1.807, 2.05) is 7.05 Å². The first kappa shape index (κ1) is 18.7. The van der Waals surface area contributed by atoms with Crippen molar-refractivity contribution in [1.82, 2.24) is 9.80 Å². The summed E-state index contributed by atoms with van der Waals surface area (Å²) >= 11 is 0. The molecule has 7 nitrogen and oxygen atoms in total. The Morgan fingerprint density at radius 1 is 1.19 bits per heavy atom. The van der Waals surface area contributed by atoms with Crippen molar-refractivity contribution in [1.29, 1.82) is 0 Å². The molecule has 1 aromatic carbocycles. The third-order valence-electron chi connectivity index (χ3n) is 5.49. The number of piperidine rings is 2. The van der Waals surface area contributed by atoms with Crippen LogP contribution >= 0.6 is 0 Å². The van der Waals surface area contributed by atoms with Gasteiger partial charge in [-0.05, 0) is 49.9 Å². The summed E-state index contributed by atoms with van der Waals surface area (Å²) in [5, 5.41) is 19.9. The molecule has 0 aliphatic carbocycles. The molecule has 1 atom stereocenters. The van der Waals surface area contributed by atoms with Crippen molar-refractivity contribution < 1.29 is 24.5 Å². The number of likely N-dealkylation sites (tertiary alicyclic amines) is 2. The van der Waals surface area contributed by atoms with Gasteiger partial charge in [-0.1, -0.05) is 0 Å². The van der Waals surface area contributed by atoms with Gasteiger partial charge in [0.1, 0.15) is 5.75 Å². The van der Waals surface area contributed by atoms with E-state index in [2.05, 4.69) is 9.64 Å². The molecule has 2 aliphatic rings. The minimum Gasteiger partial charge on any atom is -0.508 e. The largest absolute Gasteiger partial charge is 0.508 e. The molecule has 0 aromatic heterocycles. The van der Waals surface area contributed by atoms with Gasteiger partial charge in [-0.3, -0.25) is 4.79 Å². The summed E-state index contributed by atoms with van der Waals surface area (Å²) < 4.78 is 4.66. The number of β-amino-alcohol motifs (C(OH)–C–C–N with tert-alkyl or cyclic N) is 1. The van der Waals surface area contributed by atoms with E-state index >= 15 is 0 Å². The number of methoxy groups -OCH3 is 1. The molecule has 7 heteroatoms. The van der Waals surface area contributed by atoms with Gasteiger partial charge in [-0.2, -0.15) is 0 Å². The molecule has 1 spiro atoms. The molecule has 0 radical (unpaired) electrons. The summed E-state index contributed by atoms with van der Waals surface area (Å²) in [5.74, 6) is -0.931. The number of benzene rings is 1. The highest BCUT2D eigenvalue weighted by atomic mass is 16.5. The maximum Gasteiger partial charge on any atom is 0.338 e. The molecule has 2 fully saturated rings. The maximum atomic E-state index is 12.8. The van der Waals surface area contributed by atoms with Crippen LogP contribution in [0, 0.1) is 5.41 Å². The number of carbonyl (C=O) groups excluding carboxylic acids is 2. The summed E-state index contributed by atoms with van der Waals surface area (Å²) in [6, 6.07) is 4.11. The van der Waals surface area contributed by atoms with Crippen molar-refractivity contribution in [2.75, 3.05) is 40.3 Å². The predicted molar refractivity (Wildman–Crippen MR) is 95.1 cm³/mol. The second-order valence-corrected chi connectivity index (χ2v) is 7.61. The molecule has 1 amide bonds. The van der Waals surface area contributed by atoms with Gasteiger partial charge in [-0.15, -0.1) is 0 Å². The zero-order valence-electron chi connectivity index (χ0n) is 15.3. The van der Waals surface area contributed by atoms with E-state index in [1.54, 1.807) is 4.90 Å². The van der Waals surface area contributed by atoms with Gasteiger partial charge in [0, 0.05) is 31.7 Å². The van der Waals surface area contributed by atoms with Crippen LogP contribution in [0.4, 0.5) is 0 Å². The maximum absolute atomic E-state index is 12.8. The Hall–Kier alpha value is -2.12. The number of nitrogens with zero attached hydrogens (tertiary/aromatic N) is 2. The van der Waals surface area contributed by atoms with Gasteiger partial charge in [0.2, 0.25) is 0 Å². The van der Waals surface area contributed by atoms with Crippen LogP contribution in [-0.2, 0) is 4.74 Å². The molecule has 142 valence electrons. The Morgan fingerprint density at radius 3 is 2.46 bits per heavy atom. The number of phenolic OH excluding ortho intramolecular Hbond substituents is 1. The topological polar surface area (TPSA) is 90.3 Å². The summed E-state index contributed by atoms with van der Waals surface area (Å²) in [4.78, 5) is 28.4. The van der Waals surface area contributed by atoms with Crippen LogP contribution in [-0.4, -0.2) is 78.3 Å². The zero-order chi connectivity index (χ0) is 18.9. The van der Waals surface area contributed by atoms with Crippen LogP contribution in [0.5, 0.6) is 5.75 Å². The van der Waals surface area contributed by atoms with E-state index in [4.69, 9.17) is 0 Å². The summed E-state index contributed by atoms with van der Waals surface area (Å²) in [6.07, 6.45) is 2.13. The summed E-state index contributed by atoms with van der Waals surface area (Å²) in [6.45, 7) is 2.83. The number of carbonyl (C=O) groups is 2. The molecule has 1 unspecified atom stereocenters. The standard InChI is InChI=1S/C19H26N2O5/c1-20-11-16(23)10-19(12-20)3-5-21(6-4-19)17(24)13-7-14(18(25)26-2)9-15(22)8-13/h7-9,16,22-23H,3-6,10-12H2,1-2H3. The number of aliphatic hydroxyl groups excluding tert-OH is 1. The molecule has 1 aromatic rings. The average molecular weight is 362 g/mol. The van der Waals surface area contributed by atoms with Gasteiger partial charge in [0.05, 0.1) is 18.8 Å². The number of hydrogen-bond acceptors (Lipinski definition) is 6. The fourth-order valence-electron chi connectivity index (χ4n) is 4.33. The summed E-state index contributed by atoms with van der Waals surface area (Å²) in [7, 11) is 3.27. The van der Waals surface area contributed by atoms with Crippen LogP contribution in [0.1, 0.15) is 40.0 Å². The Morgan fingerprint density at radius 2 is 1.85 bits per heavy atom. The number of phenols is 1. The van der Waals surface area contributed by atoms with E-state index in [-0.39, 0.29) is 34.3 Å². The molecule has 2 N–H and O–H groups in total. The second-order valence-electron chi connectivity index (χ2n) is 7.61. The van der Waals surface area contributed by atoms with Crippen molar-refractivity contribution >= 4 is 11.9 Å². The number of esters is 1. The number of aromatic hydroxyl groups is 1. The van der Waals surface area contributed by atoms with Crippen molar-refractivity contribution in [3.05, 3.63) is 29.3 Å². The third kappa shape index (κ3) is 3.83. The van der Waals surface area contributed by atoms with Gasteiger partial charge in [-0.25, -0.2) is 4.79 Å². The van der Waals surface area contributed by atoms with E-state index < -0.39 is 5.97 Å². The Bertz CT molecular complexity index is 685. The van der Waals surface area contributed by atoms with Crippen LogP contribution in [0.3, 0.4) is 0 Å². The van der Waals surface area contributed by atoms with Gasteiger partial charge >= 0.3 is 5.97 Å². The molecule has 0 saturated carbocycles. The van der Waals surface area contributed by atoms with E-state index in [0.29, 0.717) is 19.6 Å². The van der Waals surface area contributed by atoms with Gasteiger partial charge < -0.3 is 24.7 Å². The number of rotatable bonds is 2. The molecule has 26 heavy (non-hydrogen) atoms. The highest BCUT2D eigenvalue weighted by Gasteiger charge is 2.41. The lowest BCUT2D eigenvalue weighted by Gasteiger charge is -2.48. The van der Waals surface area contributed by atoms with Gasteiger partial charge in [0.15, 0.2) is 0 Å². The lowest BCUT2D eigenvalue weighted by Crippen LogP contribution is -2.53. The third-order valence-corrected chi connectivity index (χ3v) is 5.49. The Balaban J connectivity index is 1.71. The van der Waals surface area contributed by atoms with Crippen molar-refractivity contribution in [3.8, 4) is 5.75 Å². The number of likely N-dealkylation sites (N-methyl/N-ethyl adjacent to an activating group) is 1. The first-order valence-corrected chi connectivity index (χ1v) is 8.90. The minimum atomic E-state index is -0.591. The number of hydrogen-bond donors (Lipinski definition) is 2. The lowest BCUT2D eigenvalue weighted by atomic mass is 9.71. The molecule has 2 saturated heterocycles. The average Bonchev–Trinajstić information content (AvgIpc) is 2.59. The molecule has 2 heterocycles. The van der Waals surface area contributed by atoms with Crippen molar-refractivity contribution in [3.63, 3.8) is 0 Å². The molecular formula is C19H26N2O5. The first-order chi connectivity index (χ1) is 12.3. The highest BCUT2D eigenvalue weighted by molar-refractivity contribution is 5.98. The van der Waals surface area contributed by atoms with Crippen molar-refractivity contribution in [2.24, 2.45) is 5.41 Å². The lowest BCUT2D eigenvalue weighted by molar-refractivity contribution is -0.0286. The second kappa shape index (κ2) is 7.25. The van der Waals surface area contributed by atoms with E-state index in [1.165, 1.54) is 25.3 Å². The molecule has 0 bridgehead atoms. The SMILES string of the molecule is COC(=O)c1cc(O)cc(C(=O)N2CCC3(CC2)CC(O)CN(C)C3)c1. The summed E-state index contributed by atoms with van der Waals surface area (Å²) in [5.41, 5.74) is 0.489. The number of aliphatic hydroxyl groups is 1. The smallest absolute Gasteiger partial charge is 0.338 e. The number of ether oxygens (including phenoxy) is 1. The quantitative estimate of drug-likeness (QED) is 0.766. The van der Waals surface area contributed by atoms with E-state index in [9.17, 15) is 19.8 Å². The Labute approximate surface area is 153 Å². The zero-order valence-corrected chi connectivity index (χ0v) is 15.3. The number of amides is 1. The van der Waals surface area contributed by atoms with Crippen LogP contribution in [0.2, 0.25) is 0 Å². The minimum absolute atomic E-state index is 0.0548. The molecule has 2 aliphatic heterocycles. The first-order valence-electron chi connectivity index (χ1n) is 8.90. The van der Waals surface area contributed by atoms with Crippen LogP contribution in [0.15, 0.2) is 18.2 Å². The fraction of sp³-hybridized carbons (Fsp3) is 0.579.